The fraction of sp³-hybridized carbons (Fsp3) is 0.0833. The fourth-order valence-electron chi connectivity index (χ4n) is 2.99. The number of amides is 1. The molecule has 4 nitrogen and oxygen atoms in total. The number of methoxy groups -OCH3 is 1. The quantitative estimate of drug-likeness (QED) is 0.413. The topological polar surface area (TPSA) is 55.4 Å². The molecule has 0 bridgehead atoms. The number of rotatable bonds is 7. The van der Waals surface area contributed by atoms with Gasteiger partial charge in [0.25, 0.3) is 5.91 Å². The number of carbonyl (C=O) groups is 2. The lowest BCUT2D eigenvalue weighted by atomic mass is 10.0. The molecular formula is C24H20ClNO3. The van der Waals surface area contributed by atoms with Gasteiger partial charge in [-0.3, -0.25) is 9.59 Å². The summed E-state index contributed by atoms with van der Waals surface area (Å²) in [5, 5.41) is 3.24. The molecule has 29 heavy (non-hydrogen) atoms. The Morgan fingerprint density at radius 2 is 1.79 bits per heavy atom. The van der Waals surface area contributed by atoms with Crippen molar-refractivity contribution in [2.75, 3.05) is 12.4 Å². The van der Waals surface area contributed by atoms with Gasteiger partial charge < -0.3 is 10.1 Å². The van der Waals surface area contributed by atoms with Crippen molar-refractivity contribution >= 4 is 29.0 Å². The monoisotopic (exact) mass is 405 g/mol. The van der Waals surface area contributed by atoms with Crippen LogP contribution in [0.1, 0.15) is 31.8 Å². The minimum Gasteiger partial charge on any atom is -0.496 e. The van der Waals surface area contributed by atoms with Crippen LogP contribution in [0.3, 0.4) is 0 Å². The van der Waals surface area contributed by atoms with E-state index >= 15 is 0 Å². The van der Waals surface area contributed by atoms with E-state index in [4.69, 9.17) is 16.3 Å². The molecule has 146 valence electrons. The molecule has 0 aliphatic carbocycles. The second-order valence-electron chi connectivity index (χ2n) is 6.36. The smallest absolute Gasteiger partial charge is 0.255 e. The van der Waals surface area contributed by atoms with Gasteiger partial charge in [0.2, 0.25) is 0 Å². The van der Waals surface area contributed by atoms with Crippen molar-refractivity contribution in [3.05, 3.63) is 107 Å². The van der Waals surface area contributed by atoms with Gasteiger partial charge in [0.15, 0.2) is 5.78 Å². The number of hydrogen-bond acceptors (Lipinski definition) is 3. The molecule has 0 aliphatic heterocycles. The summed E-state index contributed by atoms with van der Waals surface area (Å²) in [7, 11) is 1.58. The Hall–Kier alpha value is -3.37. The van der Waals surface area contributed by atoms with Crippen LogP contribution in [0.4, 0.5) is 5.69 Å². The Kier molecular flexibility index (Phi) is 6.47. The number of benzene rings is 3. The predicted octanol–water partition coefficient (Wildman–Crippen LogP) is 5.56. The minimum absolute atomic E-state index is 0.217. The highest BCUT2D eigenvalue weighted by Crippen LogP contribution is 2.26. The van der Waals surface area contributed by atoms with E-state index in [1.165, 1.54) is 0 Å². The van der Waals surface area contributed by atoms with E-state index in [1.54, 1.807) is 73.8 Å². The van der Waals surface area contributed by atoms with Crippen LogP contribution in [0, 0.1) is 0 Å². The van der Waals surface area contributed by atoms with E-state index in [-0.39, 0.29) is 11.7 Å². The van der Waals surface area contributed by atoms with Crippen LogP contribution in [0.5, 0.6) is 5.75 Å². The molecule has 0 aliphatic rings. The number of ketones is 1. The van der Waals surface area contributed by atoms with Crippen LogP contribution in [0.2, 0.25) is 5.02 Å². The second-order valence-corrected chi connectivity index (χ2v) is 6.80. The molecule has 3 aromatic carbocycles. The molecule has 0 aromatic heterocycles. The number of nitrogens with one attached hydrogen (secondary N) is 1. The average molecular weight is 406 g/mol. The number of allylic oxidation sites excluding steroid dienone is 1. The van der Waals surface area contributed by atoms with Crippen molar-refractivity contribution in [2.24, 2.45) is 0 Å². The van der Waals surface area contributed by atoms with Crippen molar-refractivity contribution in [1.29, 1.82) is 0 Å². The molecule has 0 fully saturated rings. The molecule has 1 amide bonds. The van der Waals surface area contributed by atoms with Crippen molar-refractivity contribution in [3.63, 3.8) is 0 Å². The van der Waals surface area contributed by atoms with Gasteiger partial charge >= 0.3 is 0 Å². The second kappa shape index (κ2) is 9.22. The summed E-state index contributed by atoms with van der Waals surface area (Å²) in [6, 6.07) is 18.8. The van der Waals surface area contributed by atoms with Gasteiger partial charge in [0.05, 0.1) is 12.8 Å². The first kappa shape index (κ1) is 20.4. The van der Waals surface area contributed by atoms with E-state index in [1.807, 2.05) is 6.07 Å². The van der Waals surface area contributed by atoms with Gasteiger partial charge in [-0.05, 0) is 48.4 Å². The van der Waals surface area contributed by atoms with Crippen LogP contribution in [0.25, 0.3) is 0 Å². The number of anilines is 1. The van der Waals surface area contributed by atoms with Crippen LogP contribution in [-0.4, -0.2) is 18.8 Å². The number of ether oxygens (including phenoxy) is 1. The number of halogens is 1. The maximum absolute atomic E-state index is 12.9. The highest BCUT2D eigenvalue weighted by molar-refractivity contribution is 6.31. The van der Waals surface area contributed by atoms with Crippen molar-refractivity contribution in [2.45, 2.75) is 6.42 Å². The summed E-state index contributed by atoms with van der Waals surface area (Å²) in [5.41, 5.74) is 2.55. The maximum atomic E-state index is 12.9. The summed E-state index contributed by atoms with van der Waals surface area (Å²) in [6.45, 7) is 3.74. The number of carbonyl (C=O) groups excluding carboxylic acids is 2. The minimum atomic E-state index is -0.331. The summed E-state index contributed by atoms with van der Waals surface area (Å²) in [4.78, 5) is 25.8. The normalized spacial score (nSPS) is 10.3. The Bertz CT molecular complexity index is 1060. The lowest BCUT2D eigenvalue weighted by Gasteiger charge is -2.13. The lowest BCUT2D eigenvalue weighted by molar-refractivity contribution is 0.102. The third kappa shape index (κ3) is 4.73. The first-order valence-electron chi connectivity index (χ1n) is 9.02. The molecule has 3 rings (SSSR count). The van der Waals surface area contributed by atoms with Gasteiger partial charge in [-0.25, -0.2) is 0 Å². The first-order chi connectivity index (χ1) is 14.0. The van der Waals surface area contributed by atoms with Crippen LogP contribution < -0.4 is 10.1 Å². The third-order valence-electron chi connectivity index (χ3n) is 4.42. The molecule has 1 N–H and O–H groups in total. The standard InChI is InChI=1S/C24H20ClNO3/c1-3-7-17-14-18(10-13-22(17)29-2)24(28)26-21-12-11-19(25)15-20(21)23(27)16-8-5-4-6-9-16/h3-6,8-15H,1,7H2,2H3,(H,26,28). The zero-order valence-electron chi connectivity index (χ0n) is 15.9. The molecule has 0 heterocycles. The first-order valence-corrected chi connectivity index (χ1v) is 9.39. The van der Waals surface area contributed by atoms with Crippen LogP contribution >= 0.6 is 11.6 Å². The largest absolute Gasteiger partial charge is 0.496 e. The van der Waals surface area contributed by atoms with Gasteiger partial charge in [0.1, 0.15) is 5.75 Å². The predicted molar refractivity (Wildman–Crippen MR) is 116 cm³/mol. The summed E-state index contributed by atoms with van der Waals surface area (Å²) in [6.07, 6.45) is 2.32. The van der Waals surface area contributed by atoms with Gasteiger partial charge in [0, 0.05) is 21.7 Å². The van der Waals surface area contributed by atoms with E-state index in [0.717, 1.165) is 5.56 Å². The molecule has 0 saturated carbocycles. The Morgan fingerprint density at radius 1 is 1.03 bits per heavy atom. The SMILES string of the molecule is C=CCc1cc(C(=O)Nc2ccc(Cl)cc2C(=O)c2ccccc2)ccc1OC. The lowest BCUT2D eigenvalue weighted by Crippen LogP contribution is -2.15. The van der Waals surface area contributed by atoms with E-state index in [0.29, 0.717) is 39.6 Å². The van der Waals surface area contributed by atoms with Gasteiger partial charge in [-0.2, -0.15) is 0 Å². The molecule has 0 atom stereocenters. The van der Waals surface area contributed by atoms with Gasteiger partial charge in [-0.1, -0.05) is 48.0 Å². The van der Waals surface area contributed by atoms with E-state index in [9.17, 15) is 9.59 Å². The number of hydrogen-bond donors (Lipinski definition) is 1. The third-order valence-corrected chi connectivity index (χ3v) is 4.65. The van der Waals surface area contributed by atoms with Crippen molar-refractivity contribution in [1.82, 2.24) is 0 Å². The molecule has 5 heteroatoms. The van der Waals surface area contributed by atoms with E-state index in [2.05, 4.69) is 11.9 Å². The molecule has 0 radical (unpaired) electrons. The molecule has 0 saturated heterocycles. The molecular weight excluding hydrogens is 386 g/mol. The maximum Gasteiger partial charge on any atom is 0.255 e. The van der Waals surface area contributed by atoms with Crippen molar-refractivity contribution < 1.29 is 14.3 Å². The fourth-order valence-corrected chi connectivity index (χ4v) is 3.16. The summed E-state index contributed by atoms with van der Waals surface area (Å²) < 4.78 is 5.32. The average Bonchev–Trinajstić information content (AvgIpc) is 2.75. The molecule has 3 aromatic rings. The van der Waals surface area contributed by atoms with Crippen molar-refractivity contribution in [3.8, 4) is 5.75 Å². The van der Waals surface area contributed by atoms with E-state index < -0.39 is 0 Å². The van der Waals surface area contributed by atoms with Gasteiger partial charge in [-0.15, -0.1) is 6.58 Å². The highest BCUT2D eigenvalue weighted by Gasteiger charge is 2.17. The zero-order valence-corrected chi connectivity index (χ0v) is 16.7. The molecule has 0 unspecified atom stereocenters. The summed E-state index contributed by atoms with van der Waals surface area (Å²) in [5.74, 6) is 0.140. The van der Waals surface area contributed by atoms with Crippen LogP contribution in [-0.2, 0) is 6.42 Å². The highest BCUT2D eigenvalue weighted by atomic mass is 35.5. The Balaban J connectivity index is 1.92. The summed E-state index contributed by atoms with van der Waals surface area (Å²) >= 11 is 6.10. The molecule has 0 spiro atoms. The Morgan fingerprint density at radius 3 is 2.48 bits per heavy atom. The zero-order chi connectivity index (χ0) is 20.8. The van der Waals surface area contributed by atoms with Crippen LogP contribution in [0.15, 0.2) is 79.4 Å². The Labute approximate surface area is 174 Å².